The lowest BCUT2D eigenvalue weighted by molar-refractivity contribution is 0.339. The number of hydrogen-bond acceptors (Lipinski definition) is 2. The normalized spacial score (nSPS) is 9.08. The second-order valence-corrected chi connectivity index (χ2v) is 2.49. The summed E-state index contributed by atoms with van der Waals surface area (Å²) in [5, 5.41) is 8.80. The Morgan fingerprint density at radius 3 is 2.83 bits per heavy atom. The van der Waals surface area contributed by atoms with Gasteiger partial charge in [0.2, 0.25) is 0 Å². The summed E-state index contributed by atoms with van der Waals surface area (Å²) in [6.07, 6.45) is 0. The Labute approximate surface area is 72.4 Å². The van der Waals surface area contributed by atoms with Gasteiger partial charge in [-0.3, -0.25) is 0 Å². The van der Waals surface area contributed by atoms with E-state index >= 15 is 0 Å². The van der Waals surface area contributed by atoms with Gasteiger partial charge < -0.3 is 4.74 Å². The van der Waals surface area contributed by atoms with Gasteiger partial charge in [0.15, 0.2) is 0 Å². The van der Waals surface area contributed by atoms with E-state index < -0.39 is 0 Å². The molecule has 1 rings (SSSR count). The molecule has 0 spiro atoms. The van der Waals surface area contributed by atoms with Crippen LogP contribution in [0.3, 0.4) is 0 Å². The fraction of sp³-hybridized carbons (Fsp3) is 0.300. The van der Waals surface area contributed by atoms with Gasteiger partial charge in [0, 0.05) is 0 Å². The van der Waals surface area contributed by atoms with E-state index in [9.17, 15) is 0 Å². The molecule has 62 valence electrons. The van der Waals surface area contributed by atoms with Crippen LogP contribution in [-0.2, 0) is 0 Å². The SMILES string of the molecule is CCOc1cccc(C)c1C#N. The third-order valence-corrected chi connectivity index (χ3v) is 1.65. The van der Waals surface area contributed by atoms with Gasteiger partial charge in [-0.05, 0) is 25.5 Å². The summed E-state index contributed by atoms with van der Waals surface area (Å²) < 4.78 is 5.29. The van der Waals surface area contributed by atoms with Gasteiger partial charge in [0.05, 0.1) is 12.2 Å². The first-order chi connectivity index (χ1) is 5.79. The van der Waals surface area contributed by atoms with Crippen molar-refractivity contribution >= 4 is 0 Å². The van der Waals surface area contributed by atoms with Crippen molar-refractivity contribution in [2.24, 2.45) is 0 Å². The molecular weight excluding hydrogens is 150 g/mol. The molecule has 0 amide bonds. The molecule has 0 fully saturated rings. The van der Waals surface area contributed by atoms with Crippen LogP contribution < -0.4 is 4.74 Å². The van der Waals surface area contributed by atoms with Crippen LogP contribution >= 0.6 is 0 Å². The maximum absolute atomic E-state index is 8.80. The van der Waals surface area contributed by atoms with Crippen LogP contribution in [0.5, 0.6) is 5.75 Å². The molecule has 1 aromatic rings. The fourth-order valence-electron chi connectivity index (χ4n) is 1.06. The van der Waals surface area contributed by atoms with E-state index in [-0.39, 0.29) is 0 Å². The third-order valence-electron chi connectivity index (χ3n) is 1.65. The molecule has 0 aliphatic heterocycles. The van der Waals surface area contributed by atoms with Crippen molar-refractivity contribution in [3.8, 4) is 11.8 Å². The lowest BCUT2D eigenvalue weighted by atomic mass is 10.1. The van der Waals surface area contributed by atoms with Crippen molar-refractivity contribution in [2.45, 2.75) is 13.8 Å². The number of hydrogen-bond donors (Lipinski definition) is 0. The molecule has 0 N–H and O–H groups in total. The number of rotatable bonds is 2. The third kappa shape index (κ3) is 1.57. The summed E-state index contributed by atoms with van der Waals surface area (Å²) in [5.41, 5.74) is 1.60. The summed E-state index contributed by atoms with van der Waals surface area (Å²) in [7, 11) is 0. The maximum Gasteiger partial charge on any atom is 0.137 e. The number of ether oxygens (including phenoxy) is 1. The van der Waals surface area contributed by atoms with Crippen molar-refractivity contribution in [1.29, 1.82) is 5.26 Å². The molecule has 2 heteroatoms. The molecule has 12 heavy (non-hydrogen) atoms. The van der Waals surface area contributed by atoms with Crippen molar-refractivity contribution in [3.63, 3.8) is 0 Å². The zero-order valence-electron chi connectivity index (χ0n) is 7.29. The van der Waals surface area contributed by atoms with Crippen LogP contribution in [-0.4, -0.2) is 6.61 Å². The molecule has 0 unspecified atom stereocenters. The van der Waals surface area contributed by atoms with Gasteiger partial charge >= 0.3 is 0 Å². The minimum atomic E-state index is 0.595. The van der Waals surface area contributed by atoms with Crippen molar-refractivity contribution in [2.75, 3.05) is 6.61 Å². The second-order valence-electron chi connectivity index (χ2n) is 2.49. The first kappa shape index (κ1) is 8.61. The first-order valence-corrected chi connectivity index (χ1v) is 3.92. The molecule has 0 heterocycles. The Bertz CT molecular complexity index is 312. The zero-order chi connectivity index (χ0) is 8.97. The highest BCUT2D eigenvalue weighted by Gasteiger charge is 2.03. The van der Waals surface area contributed by atoms with Crippen LogP contribution in [0.1, 0.15) is 18.1 Å². The standard InChI is InChI=1S/C10H11NO/c1-3-12-10-6-4-5-8(2)9(10)7-11/h4-6H,3H2,1-2H3. The molecule has 1 aromatic carbocycles. The van der Waals surface area contributed by atoms with E-state index in [1.54, 1.807) is 0 Å². The Kier molecular flexibility index (Phi) is 2.71. The Balaban J connectivity index is 3.11. The second kappa shape index (κ2) is 3.77. The summed E-state index contributed by atoms with van der Waals surface area (Å²) in [6.45, 7) is 4.41. The summed E-state index contributed by atoms with van der Waals surface area (Å²) in [6, 6.07) is 7.73. The monoisotopic (exact) mass is 161 g/mol. The van der Waals surface area contributed by atoms with Crippen LogP contribution in [0.25, 0.3) is 0 Å². The zero-order valence-corrected chi connectivity index (χ0v) is 7.29. The quantitative estimate of drug-likeness (QED) is 0.666. The molecule has 2 nitrogen and oxygen atoms in total. The van der Waals surface area contributed by atoms with Crippen molar-refractivity contribution in [1.82, 2.24) is 0 Å². The van der Waals surface area contributed by atoms with Gasteiger partial charge in [0.1, 0.15) is 11.8 Å². The van der Waals surface area contributed by atoms with E-state index in [2.05, 4.69) is 6.07 Å². The molecule has 0 aliphatic carbocycles. The molecule has 0 atom stereocenters. The number of nitrogens with zero attached hydrogens (tertiary/aromatic N) is 1. The number of aryl methyl sites for hydroxylation is 1. The van der Waals surface area contributed by atoms with Gasteiger partial charge in [-0.1, -0.05) is 12.1 Å². The lowest BCUT2D eigenvalue weighted by Crippen LogP contribution is -1.95. The van der Waals surface area contributed by atoms with Crippen LogP contribution in [0.4, 0.5) is 0 Å². The predicted molar refractivity (Wildman–Crippen MR) is 47.1 cm³/mol. The Morgan fingerprint density at radius 1 is 1.50 bits per heavy atom. The highest BCUT2D eigenvalue weighted by atomic mass is 16.5. The van der Waals surface area contributed by atoms with Crippen LogP contribution in [0.2, 0.25) is 0 Å². The largest absolute Gasteiger partial charge is 0.492 e. The fourth-order valence-corrected chi connectivity index (χ4v) is 1.06. The molecular formula is C10H11NO. The Morgan fingerprint density at radius 2 is 2.25 bits per heavy atom. The molecule has 0 saturated heterocycles. The van der Waals surface area contributed by atoms with Gasteiger partial charge in [-0.2, -0.15) is 5.26 Å². The van der Waals surface area contributed by atoms with Crippen LogP contribution in [0.15, 0.2) is 18.2 Å². The van der Waals surface area contributed by atoms with E-state index in [0.29, 0.717) is 17.9 Å². The molecule has 0 aromatic heterocycles. The van der Waals surface area contributed by atoms with Gasteiger partial charge in [0.25, 0.3) is 0 Å². The average molecular weight is 161 g/mol. The number of benzene rings is 1. The predicted octanol–water partition coefficient (Wildman–Crippen LogP) is 2.27. The van der Waals surface area contributed by atoms with E-state index in [1.807, 2.05) is 32.0 Å². The molecule has 0 radical (unpaired) electrons. The first-order valence-electron chi connectivity index (χ1n) is 3.92. The van der Waals surface area contributed by atoms with Gasteiger partial charge in [-0.25, -0.2) is 0 Å². The van der Waals surface area contributed by atoms with Crippen LogP contribution in [0, 0.1) is 18.3 Å². The summed E-state index contributed by atoms with van der Waals surface area (Å²) >= 11 is 0. The minimum Gasteiger partial charge on any atom is -0.492 e. The van der Waals surface area contributed by atoms with Gasteiger partial charge in [-0.15, -0.1) is 0 Å². The average Bonchev–Trinajstić information content (AvgIpc) is 2.05. The molecule has 0 saturated carbocycles. The minimum absolute atomic E-state index is 0.595. The van der Waals surface area contributed by atoms with E-state index in [4.69, 9.17) is 10.00 Å². The maximum atomic E-state index is 8.80. The topological polar surface area (TPSA) is 33.0 Å². The van der Waals surface area contributed by atoms with E-state index in [1.165, 1.54) is 0 Å². The Hall–Kier alpha value is -1.49. The summed E-state index contributed by atoms with van der Waals surface area (Å²) in [5.74, 6) is 0.681. The van der Waals surface area contributed by atoms with Crippen molar-refractivity contribution < 1.29 is 4.74 Å². The molecule has 0 bridgehead atoms. The highest BCUT2D eigenvalue weighted by Crippen LogP contribution is 2.20. The lowest BCUT2D eigenvalue weighted by Gasteiger charge is -2.05. The van der Waals surface area contributed by atoms with E-state index in [0.717, 1.165) is 5.56 Å². The van der Waals surface area contributed by atoms with Crippen molar-refractivity contribution in [3.05, 3.63) is 29.3 Å². The smallest absolute Gasteiger partial charge is 0.137 e. The summed E-state index contributed by atoms with van der Waals surface area (Å²) in [4.78, 5) is 0. The molecule has 0 aliphatic rings. The number of nitriles is 1. The highest BCUT2D eigenvalue weighted by molar-refractivity contribution is 5.48.